The van der Waals surface area contributed by atoms with Crippen molar-refractivity contribution in [2.24, 2.45) is 0 Å². The fourth-order valence-electron chi connectivity index (χ4n) is 6.70. The van der Waals surface area contributed by atoms with E-state index in [1.807, 2.05) is 42.6 Å². The van der Waals surface area contributed by atoms with Gasteiger partial charge >= 0.3 is 0 Å². The second-order valence-electron chi connectivity index (χ2n) is 12.6. The standard InChI is InChI=1S/C37H36N8O4/c38-19-25(32-21-40-30-6-1-2-7-31(30)42-32)20-39-26-12-14-44(15-13-26)28-5-3-4-23(16-28)17-35(47)41-27-8-9-29-24(18-27)22-45(37(29)49)33-10-11-34(46)43-36(33)48/h1-9,16,18-21,26,33,38-39H,10-15,17,22H2,(H,41,47)(H,43,46,48)/b25-20+,38-19?. The first-order valence-corrected chi connectivity index (χ1v) is 16.4. The normalized spacial score (nSPS) is 18.3. The average molecular weight is 657 g/mol. The topological polar surface area (TPSA) is 160 Å². The monoisotopic (exact) mass is 656 g/mol. The molecule has 1 aromatic heterocycles. The number of nitrogens with zero attached hydrogens (tertiary/aromatic N) is 4. The molecule has 12 nitrogen and oxygen atoms in total. The van der Waals surface area contributed by atoms with Crippen LogP contribution in [0.5, 0.6) is 0 Å². The smallest absolute Gasteiger partial charge is 0.255 e. The number of amides is 4. The average Bonchev–Trinajstić information content (AvgIpc) is 3.43. The Morgan fingerprint density at radius 2 is 1.80 bits per heavy atom. The molecule has 49 heavy (non-hydrogen) atoms. The predicted molar refractivity (Wildman–Crippen MR) is 186 cm³/mol. The number of benzene rings is 3. The van der Waals surface area contributed by atoms with E-state index in [1.165, 1.54) is 11.1 Å². The van der Waals surface area contributed by atoms with Gasteiger partial charge in [0.05, 0.1) is 29.3 Å². The van der Waals surface area contributed by atoms with E-state index < -0.39 is 11.9 Å². The largest absolute Gasteiger partial charge is 0.387 e. The number of aromatic nitrogens is 2. The molecule has 4 amide bonds. The fourth-order valence-corrected chi connectivity index (χ4v) is 6.70. The Morgan fingerprint density at radius 1 is 0.980 bits per heavy atom. The quantitative estimate of drug-likeness (QED) is 0.156. The van der Waals surface area contributed by atoms with E-state index in [-0.39, 0.29) is 43.1 Å². The number of imide groups is 1. The zero-order valence-electron chi connectivity index (χ0n) is 26.8. The molecule has 1 atom stereocenters. The Morgan fingerprint density at radius 3 is 2.59 bits per heavy atom. The Hall–Kier alpha value is -5.91. The molecule has 3 aliphatic rings. The molecule has 3 aromatic carbocycles. The van der Waals surface area contributed by atoms with Crippen LogP contribution in [-0.4, -0.2) is 69.9 Å². The van der Waals surface area contributed by atoms with Crippen molar-refractivity contribution in [3.05, 3.63) is 102 Å². The van der Waals surface area contributed by atoms with Crippen LogP contribution in [0.25, 0.3) is 16.6 Å². The lowest BCUT2D eigenvalue weighted by Crippen LogP contribution is -2.52. The molecule has 4 heterocycles. The molecule has 7 rings (SSSR count). The van der Waals surface area contributed by atoms with Crippen molar-refractivity contribution in [2.45, 2.75) is 50.7 Å². The van der Waals surface area contributed by atoms with Crippen LogP contribution in [0.2, 0.25) is 0 Å². The summed E-state index contributed by atoms with van der Waals surface area (Å²) in [6.07, 6.45) is 7.37. The third kappa shape index (κ3) is 6.89. The van der Waals surface area contributed by atoms with Crippen LogP contribution in [0, 0.1) is 5.41 Å². The molecule has 0 saturated carbocycles. The van der Waals surface area contributed by atoms with Gasteiger partial charge < -0.3 is 25.8 Å². The minimum absolute atomic E-state index is 0.170. The van der Waals surface area contributed by atoms with Gasteiger partial charge in [-0.25, -0.2) is 4.98 Å². The number of fused-ring (bicyclic) bond motifs is 2. The van der Waals surface area contributed by atoms with Crippen molar-refractivity contribution in [1.82, 2.24) is 25.5 Å². The zero-order valence-corrected chi connectivity index (χ0v) is 26.8. The second-order valence-corrected chi connectivity index (χ2v) is 12.6. The van der Waals surface area contributed by atoms with Crippen molar-refractivity contribution >= 4 is 57.8 Å². The molecule has 0 bridgehead atoms. The maximum atomic E-state index is 13.1. The lowest BCUT2D eigenvalue weighted by molar-refractivity contribution is -0.137. The highest BCUT2D eigenvalue weighted by molar-refractivity contribution is 6.08. The van der Waals surface area contributed by atoms with Gasteiger partial charge in [0.1, 0.15) is 6.04 Å². The van der Waals surface area contributed by atoms with Crippen molar-refractivity contribution < 1.29 is 19.2 Å². The minimum Gasteiger partial charge on any atom is -0.387 e. The summed E-state index contributed by atoms with van der Waals surface area (Å²) in [7, 11) is 0. The zero-order chi connectivity index (χ0) is 33.9. The molecule has 0 spiro atoms. The van der Waals surface area contributed by atoms with Gasteiger partial charge in [-0.05, 0) is 72.9 Å². The van der Waals surface area contributed by atoms with Crippen LogP contribution in [0.4, 0.5) is 11.4 Å². The number of piperidine rings is 2. The summed E-state index contributed by atoms with van der Waals surface area (Å²) in [5.74, 6) is -1.19. The summed E-state index contributed by atoms with van der Waals surface area (Å²) >= 11 is 0. The predicted octanol–water partition coefficient (Wildman–Crippen LogP) is 3.82. The molecule has 0 radical (unpaired) electrons. The van der Waals surface area contributed by atoms with Crippen LogP contribution >= 0.6 is 0 Å². The second kappa shape index (κ2) is 13.7. The highest BCUT2D eigenvalue weighted by atomic mass is 16.2. The number of carbonyl (C=O) groups is 4. The van der Waals surface area contributed by atoms with Gasteiger partial charge in [0, 0.05) is 67.0 Å². The van der Waals surface area contributed by atoms with Crippen molar-refractivity contribution in [1.29, 1.82) is 5.41 Å². The van der Waals surface area contributed by atoms with Crippen molar-refractivity contribution in [2.75, 3.05) is 23.3 Å². The summed E-state index contributed by atoms with van der Waals surface area (Å²) < 4.78 is 0. The maximum absolute atomic E-state index is 13.1. The van der Waals surface area contributed by atoms with E-state index >= 15 is 0 Å². The van der Waals surface area contributed by atoms with E-state index in [4.69, 9.17) is 5.41 Å². The molecule has 4 N–H and O–H groups in total. The number of anilines is 2. The maximum Gasteiger partial charge on any atom is 0.255 e. The van der Waals surface area contributed by atoms with Gasteiger partial charge in [-0.2, -0.15) is 0 Å². The van der Waals surface area contributed by atoms with E-state index in [0.29, 0.717) is 28.9 Å². The van der Waals surface area contributed by atoms with Crippen LogP contribution < -0.4 is 20.9 Å². The molecular formula is C37H36N8O4. The number of rotatable bonds is 9. The molecule has 1 unspecified atom stereocenters. The van der Waals surface area contributed by atoms with E-state index in [9.17, 15) is 19.2 Å². The van der Waals surface area contributed by atoms with Gasteiger partial charge in [-0.15, -0.1) is 0 Å². The molecule has 4 aromatic rings. The van der Waals surface area contributed by atoms with Crippen LogP contribution in [0.3, 0.4) is 0 Å². The Bertz CT molecular complexity index is 2000. The van der Waals surface area contributed by atoms with E-state index in [1.54, 1.807) is 24.4 Å². The van der Waals surface area contributed by atoms with Gasteiger partial charge in [0.25, 0.3) is 5.91 Å². The Balaban J connectivity index is 0.920. The minimum atomic E-state index is -0.682. The number of para-hydroxylation sites is 2. The summed E-state index contributed by atoms with van der Waals surface area (Å²) in [4.78, 5) is 62.9. The SMILES string of the molecule is N=C/C(=C\NC1CCN(c2cccc(CC(=O)Nc3ccc4c(c3)CN(C3CCC(=O)NC3=O)C4=O)c2)CC1)c1cnc2ccccc2n1. The summed E-state index contributed by atoms with van der Waals surface area (Å²) in [5.41, 5.74) is 6.72. The lowest BCUT2D eigenvalue weighted by Gasteiger charge is -2.34. The molecule has 12 heteroatoms. The number of carbonyl (C=O) groups excluding carboxylic acids is 4. The highest BCUT2D eigenvalue weighted by Crippen LogP contribution is 2.30. The first kappa shape index (κ1) is 31.7. The highest BCUT2D eigenvalue weighted by Gasteiger charge is 2.39. The van der Waals surface area contributed by atoms with Crippen LogP contribution in [0.1, 0.15) is 52.9 Å². The molecule has 2 fully saturated rings. The molecule has 3 aliphatic heterocycles. The fraction of sp³-hybridized carbons (Fsp3) is 0.270. The summed E-state index contributed by atoms with van der Waals surface area (Å²) in [6.45, 7) is 1.94. The summed E-state index contributed by atoms with van der Waals surface area (Å²) in [5, 5.41) is 16.7. The van der Waals surface area contributed by atoms with Gasteiger partial charge in [-0.3, -0.25) is 29.5 Å². The molecule has 0 aliphatic carbocycles. The third-order valence-electron chi connectivity index (χ3n) is 9.32. The van der Waals surface area contributed by atoms with Gasteiger partial charge in [0.15, 0.2) is 0 Å². The van der Waals surface area contributed by atoms with E-state index in [2.05, 4.69) is 43.0 Å². The number of hydrogen-bond acceptors (Lipinski definition) is 9. The number of nitrogens with one attached hydrogen (secondary N) is 4. The van der Waals surface area contributed by atoms with Crippen LogP contribution in [-0.2, 0) is 27.3 Å². The third-order valence-corrected chi connectivity index (χ3v) is 9.32. The molecular weight excluding hydrogens is 620 g/mol. The molecule has 248 valence electrons. The summed E-state index contributed by atoms with van der Waals surface area (Å²) in [6, 6.07) is 20.4. The first-order valence-electron chi connectivity index (χ1n) is 16.4. The first-order chi connectivity index (χ1) is 23.8. The molecule has 2 saturated heterocycles. The van der Waals surface area contributed by atoms with Gasteiger partial charge in [0.2, 0.25) is 17.7 Å². The van der Waals surface area contributed by atoms with Gasteiger partial charge in [-0.1, -0.05) is 24.3 Å². The number of allylic oxidation sites excluding steroid dienone is 1. The van der Waals surface area contributed by atoms with Crippen LogP contribution in [0.15, 0.2) is 79.1 Å². The van der Waals surface area contributed by atoms with E-state index in [0.717, 1.165) is 53.8 Å². The Kier molecular flexibility index (Phi) is 8.84. The Labute approximate surface area is 283 Å². The lowest BCUT2D eigenvalue weighted by atomic mass is 10.0. The van der Waals surface area contributed by atoms with Crippen molar-refractivity contribution in [3.63, 3.8) is 0 Å². The van der Waals surface area contributed by atoms with Crippen molar-refractivity contribution in [3.8, 4) is 0 Å². The number of hydrogen-bond donors (Lipinski definition) is 4.